The fourth-order valence-corrected chi connectivity index (χ4v) is 2.59. The molecule has 0 fully saturated rings. The zero-order valence-electron chi connectivity index (χ0n) is 10.3. The van der Waals surface area contributed by atoms with Crippen LogP contribution in [0.4, 0.5) is 5.69 Å². The highest BCUT2D eigenvalue weighted by molar-refractivity contribution is 7.99. The molecule has 0 saturated heterocycles. The Kier molecular flexibility index (Phi) is 8.17. The summed E-state index contributed by atoms with van der Waals surface area (Å²) in [5, 5.41) is 0.0736. The maximum atomic E-state index is 11.4. The minimum Gasteiger partial charge on any atom is -0.466 e. The van der Waals surface area contributed by atoms with Crippen LogP contribution >= 0.6 is 24.2 Å². The highest BCUT2D eigenvalue weighted by atomic mass is 35.5. The Morgan fingerprint density at radius 1 is 1.59 bits per heavy atom. The molecule has 0 unspecified atom stereocenters. The van der Waals surface area contributed by atoms with Crippen molar-refractivity contribution < 1.29 is 9.21 Å². The standard InChI is InChI=1S/C12H19NO2S.ClH/c1-3-4-5-12(9(2)14)16-8-11-10(13)6-7-15-11;/h6-7,12H,3-5,8,13H2,1-2H3;1H/t12-;/m0./s1. The molecule has 0 bridgehead atoms. The zero-order valence-corrected chi connectivity index (χ0v) is 11.9. The summed E-state index contributed by atoms with van der Waals surface area (Å²) in [6.45, 7) is 3.78. The van der Waals surface area contributed by atoms with Gasteiger partial charge in [0.15, 0.2) is 0 Å². The first kappa shape index (κ1) is 16.4. The van der Waals surface area contributed by atoms with E-state index in [9.17, 15) is 4.79 Å². The average Bonchev–Trinajstić information content (AvgIpc) is 2.64. The third-order valence-corrected chi connectivity index (χ3v) is 3.87. The van der Waals surface area contributed by atoms with Crippen molar-refractivity contribution >= 4 is 35.6 Å². The third-order valence-electron chi connectivity index (χ3n) is 2.47. The Balaban J connectivity index is 0.00000256. The number of thioether (sulfide) groups is 1. The molecular formula is C12H20ClNO2S. The molecule has 0 aliphatic rings. The normalized spacial score (nSPS) is 11.9. The molecule has 98 valence electrons. The van der Waals surface area contributed by atoms with Crippen LogP contribution in [-0.4, -0.2) is 11.0 Å². The highest BCUT2D eigenvalue weighted by Crippen LogP contribution is 2.26. The summed E-state index contributed by atoms with van der Waals surface area (Å²) in [5.74, 6) is 1.68. The Hall–Kier alpha value is -0.610. The van der Waals surface area contributed by atoms with Crippen LogP contribution in [0.25, 0.3) is 0 Å². The summed E-state index contributed by atoms with van der Waals surface area (Å²) in [4.78, 5) is 11.4. The van der Waals surface area contributed by atoms with Gasteiger partial charge < -0.3 is 10.2 Å². The number of carbonyl (C=O) groups is 1. The Labute approximate surface area is 113 Å². The second-order valence-electron chi connectivity index (χ2n) is 3.85. The van der Waals surface area contributed by atoms with E-state index in [0.717, 1.165) is 25.0 Å². The Bertz CT molecular complexity index is 341. The maximum absolute atomic E-state index is 11.4. The van der Waals surface area contributed by atoms with Crippen molar-refractivity contribution in [3.63, 3.8) is 0 Å². The van der Waals surface area contributed by atoms with Gasteiger partial charge in [0.25, 0.3) is 0 Å². The summed E-state index contributed by atoms with van der Waals surface area (Å²) in [6, 6.07) is 1.74. The number of Topliss-reactive ketones (excluding diaryl/α,β-unsaturated/α-hetero) is 1. The lowest BCUT2D eigenvalue weighted by Crippen LogP contribution is -2.13. The van der Waals surface area contributed by atoms with E-state index in [1.165, 1.54) is 0 Å². The summed E-state index contributed by atoms with van der Waals surface area (Å²) in [5.41, 5.74) is 6.38. The van der Waals surface area contributed by atoms with Gasteiger partial charge in [0.1, 0.15) is 11.5 Å². The highest BCUT2D eigenvalue weighted by Gasteiger charge is 2.15. The van der Waals surface area contributed by atoms with E-state index in [0.29, 0.717) is 11.4 Å². The molecule has 1 rings (SSSR count). The first-order valence-corrected chi connectivity index (χ1v) is 6.64. The molecule has 1 heterocycles. The van der Waals surface area contributed by atoms with E-state index in [1.807, 2.05) is 0 Å². The van der Waals surface area contributed by atoms with Crippen molar-refractivity contribution in [3.05, 3.63) is 18.1 Å². The number of hydrogen-bond acceptors (Lipinski definition) is 4. The number of hydrogen-bond donors (Lipinski definition) is 1. The molecule has 0 aliphatic heterocycles. The fraction of sp³-hybridized carbons (Fsp3) is 0.583. The number of carbonyl (C=O) groups excluding carboxylic acids is 1. The molecule has 0 radical (unpaired) electrons. The summed E-state index contributed by atoms with van der Waals surface area (Å²) >= 11 is 1.62. The van der Waals surface area contributed by atoms with Gasteiger partial charge in [-0.15, -0.1) is 24.2 Å². The van der Waals surface area contributed by atoms with Crippen LogP contribution in [0.5, 0.6) is 0 Å². The molecule has 2 N–H and O–H groups in total. The van der Waals surface area contributed by atoms with E-state index in [2.05, 4.69) is 6.92 Å². The van der Waals surface area contributed by atoms with Gasteiger partial charge in [0.05, 0.1) is 23.0 Å². The average molecular weight is 278 g/mol. The van der Waals surface area contributed by atoms with Gasteiger partial charge in [-0.05, 0) is 19.4 Å². The Morgan fingerprint density at radius 2 is 2.29 bits per heavy atom. The van der Waals surface area contributed by atoms with Crippen molar-refractivity contribution in [1.82, 2.24) is 0 Å². The van der Waals surface area contributed by atoms with Crippen LogP contribution in [0.15, 0.2) is 16.7 Å². The molecule has 1 atom stereocenters. The maximum Gasteiger partial charge on any atom is 0.142 e. The van der Waals surface area contributed by atoms with Crippen LogP contribution in [0, 0.1) is 0 Å². The molecule has 17 heavy (non-hydrogen) atoms. The largest absolute Gasteiger partial charge is 0.466 e. The number of nitrogens with two attached hydrogens (primary N) is 1. The summed E-state index contributed by atoms with van der Waals surface area (Å²) in [7, 11) is 0. The lowest BCUT2D eigenvalue weighted by molar-refractivity contribution is -0.116. The summed E-state index contributed by atoms with van der Waals surface area (Å²) < 4.78 is 5.24. The lowest BCUT2D eigenvalue weighted by Gasteiger charge is -2.11. The second kappa shape index (κ2) is 8.48. The van der Waals surface area contributed by atoms with Gasteiger partial charge in [-0.25, -0.2) is 0 Å². The van der Waals surface area contributed by atoms with Gasteiger partial charge in [-0.1, -0.05) is 19.8 Å². The smallest absolute Gasteiger partial charge is 0.142 e. The molecule has 5 heteroatoms. The van der Waals surface area contributed by atoms with Crippen molar-refractivity contribution in [2.24, 2.45) is 0 Å². The van der Waals surface area contributed by atoms with Crippen LogP contribution in [0.3, 0.4) is 0 Å². The minimum atomic E-state index is 0. The molecule has 3 nitrogen and oxygen atoms in total. The van der Waals surface area contributed by atoms with Gasteiger partial charge in [-0.2, -0.15) is 0 Å². The van der Waals surface area contributed by atoms with Crippen molar-refractivity contribution in [2.45, 2.75) is 44.1 Å². The van der Waals surface area contributed by atoms with Crippen LogP contribution in [0.2, 0.25) is 0 Å². The zero-order chi connectivity index (χ0) is 12.0. The first-order chi connectivity index (χ1) is 7.65. The predicted octanol–water partition coefficient (Wildman–Crippen LogP) is 3.66. The SMILES string of the molecule is CCCC[C@H](SCc1occc1N)C(C)=O.Cl. The summed E-state index contributed by atoms with van der Waals surface area (Å²) in [6.07, 6.45) is 4.73. The van der Waals surface area contributed by atoms with Crippen molar-refractivity contribution in [3.8, 4) is 0 Å². The molecule has 0 spiro atoms. The third kappa shape index (κ3) is 5.50. The molecule has 1 aromatic heterocycles. The molecule has 0 amide bonds. The monoisotopic (exact) mass is 277 g/mol. The molecule has 0 aliphatic carbocycles. The van der Waals surface area contributed by atoms with E-state index >= 15 is 0 Å². The van der Waals surface area contributed by atoms with Gasteiger partial charge in [0, 0.05) is 0 Å². The van der Waals surface area contributed by atoms with Crippen LogP contribution < -0.4 is 5.73 Å². The number of halogens is 1. The molecular weight excluding hydrogens is 258 g/mol. The minimum absolute atomic E-state index is 0. The van der Waals surface area contributed by atoms with Crippen LogP contribution in [-0.2, 0) is 10.5 Å². The number of anilines is 1. The number of nitrogen functional groups attached to an aromatic ring is 1. The Morgan fingerprint density at radius 3 is 2.76 bits per heavy atom. The van der Waals surface area contributed by atoms with E-state index in [4.69, 9.17) is 10.2 Å². The van der Waals surface area contributed by atoms with Crippen molar-refractivity contribution in [2.75, 3.05) is 5.73 Å². The quantitative estimate of drug-likeness (QED) is 0.826. The lowest BCUT2D eigenvalue weighted by atomic mass is 10.1. The number of rotatable bonds is 7. The molecule has 0 saturated carbocycles. The predicted molar refractivity (Wildman–Crippen MR) is 75.7 cm³/mol. The van der Waals surface area contributed by atoms with E-state index in [1.54, 1.807) is 31.0 Å². The van der Waals surface area contributed by atoms with Gasteiger partial charge in [-0.3, -0.25) is 4.79 Å². The fourth-order valence-electron chi connectivity index (χ4n) is 1.44. The number of ketones is 1. The van der Waals surface area contributed by atoms with Crippen LogP contribution in [0.1, 0.15) is 38.9 Å². The van der Waals surface area contributed by atoms with E-state index in [-0.39, 0.29) is 23.4 Å². The van der Waals surface area contributed by atoms with Gasteiger partial charge in [0.2, 0.25) is 0 Å². The molecule has 1 aromatic rings. The number of furan rings is 1. The molecule has 0 aromatic carbocycles. The van der Waals surface area contributed by atoms with Crippen molar-refractivity contribution in [1.29, 1.82) is 0 Å². The number of unbranched alkanes of at least 4 members (excludes halogenated alkanes) is 1. The topological polar surface area (TPSA) is 56.2 Å². The van der Waals surface area contributed by atoms with E-state index < -0.39 is 0 Å². The second-order valence-corrected chi connectivity index (χ2v) is 5.04. The first-order valence-electron chi connectivity index (χ1n) is 5.59. The van der Waals surface area contributed by atoms with Gasteiger partial charge >= 0.3 is 0 Å².